The van der Waals surface area contributed by atoms with Crippen LogP contribution in [0.25, 0.3) is 0 Å². The molecule has 0 unspecified atom stereocenters. The SMILES string of the molecule is CC(=O)Nc1ccc(F)c(NC(=O)[C@H](N)C(C)C)c1.Cl. The summed E-state index contributed by atoms with van der Waals surface area (Å²) in [6, 6.07) is 3.21. The first kappa shape index (κ1) is 18.3. The number of nitrogens with one attached hydrogen (secondary N) is 2. The maximum Gasteiger partial charge on any atom is 0.241 e. The highest BCUT2D eigenvalue weighted by molar-refractivity contribution is 5.96. The maximum absolute atomic E-state index is 13.6. The van der Waals surface area contributed by atoms with Crippen molar-refractivity contribution in [2.75, 3.05) is 10.6 Å². The van der Waals surface area contributed by atoms with E-state index in [1.807, 2.05) is 0 Å². The summed E-state index contributed by atoms with van der Waals surface area (Å²) < 4.78 is 13.6. The van der Waals surface area contributed by atoms with E-state index in [0.29, 0.717) is 5.69 Å². The number of carbonyl (C=O) groups is 2. The fourth-order valence-corrected chi connectivity index (χ4v) is 1.42. The molecule has 0 aromatic heterocycles. The Morgan fingerprint density at radius 2 is 1.85 bits per heavy atom. The van der Waals surface area contributed by atoms with Gasteiger partial charge in [-0.3, -0.25) is 9.59 Å². The van der Waals surface area contributed by atoms with Crippen molar-refractivity contribution >= 4 is 35.6 Å². The summed E-state index contributed by atoms with van der Waals surface area (Å²) >= 11 is 0. The number of hydrogen-bond donors (Lipinski definition) is 3. The van der Waals surface area contributed by atoms with Gasteiger partial charge in [-0.1, -0.05) is 13.8 Å². The highest BCUT2D eigenvalue weighted by Gasteiger charge is 2.18. The molecule has 0 saturated carbocycles. The molecule has 7 heteroatoms. The van der Waals surface area contributed by atoms with Gasteiger partial charge in [-0.05, 0) is 24.1 Å². The topological polar surface area (TPSA) is 84.2 Å². The molecule has 0 aliphatic heterocycles. The normalized spacial score (nSPS) is 11.5. The second-order valence-electron chi connectivity index (χ2n) is 4.63. The van der Waals surface area contributed by atoms with E-state index in [0.717, 1.165) is 0 Å². The molecule has 112 valence electrons. The minimum absolute atomic E-state index is 0. The molecular formula is C13H19ClFN3O2. The monoisotopic (exact) mass is 303 g/mol. The largest absolute Gasteiger partial charge is 0.326 e. The Hall–Kier alpha value is -1.66. The fourth-order valence-electron chi connectivity index (χ4n) is 1.42. The number of rotatable bonds is 4. The van der Waals surface area contributed by atoms with Crippen LogP contribution in [-0.4, -0.2) is 17.9 Å². The van der Waals surface area contributed by atoms with Crippen LogP contribution >= 0.6 is 12.4 Å². The molecule has 1 aromatic rings. The third kappa shape index (κ3) is 5.14. The van der Waals surface area contributed by atoms with Crippen LogP contribution in [0, 0.1) is 11.7 Å². The molecule has 1 aromatic carbocycles. The smallest absolute Gasteiger partial charge is 0.241 e. The van der Waals surface area contributed by atoms with Gasteiger partial charge >= 0.3 is 0 Å². The van der Waals surface area contributed by atoms with Gasteiger partial charge in [0.15, 0.2) is 0 Å². The Bertz CT molecular complexity index is 495. The van der Waals surface area contributed by atoms with Crippen LogP contribution in [-0.2, 0) is 9.59 Å². The lowest BCUT2D eigenvalue weighted by molar-refractivity contribution is -0.118. The van der Waals surface area contributed by atoms with Crippen molar-refractivity contribution in [1.82, 2.24) is 0 Å². The van der Waals surface area contributed by atoms with Crippen LogP contribution in [0.1, 0.15) is 20.8 Å². The lowest BCUT2D eigenvalue weighted by atomic mass is 10.0. The predicted molar refractivity (Wildman–Crippen MR) is 79.4 cm³/mol. The van der Waals surface area contributed by atoms with Crippen molar-refractivity contribution in [3.05, 3.63) is 24.0 Å². The highest BCUT2D eigenvalue weighted by Crippen LogP contribution is 2.20. The van der Waals surface area contributed by atoms with E-state index in [1.54, 1.807) is 13.8 Å². The Morgan fingerprint density at radius 1 is 1.25 bits per heavy atom. The van der Waals surface area contributed by atoms with Crippen molar-refractivity contribution in [1.29, 1.82) is 0 Å². The minimum atomic E-state index is -0.719. The Morgan fingerprint density at radius 3 is 2.35 bits per heavy atom. The number of nitrogens with two attached hydrogens (primary N) is 1. The molecule has 0 fully saturated rings. The number of amides is 2. The van der Waals surface area contributed by atoms with Crippen molar-refractivity contribution in [2.24, 2.45) is 11.7 Å². The molecule has 5 nitrogen and oxygen atoms in total. The van der Waals surface area contributed by atoms with Gasteiger partial charge in [0, 0.05) is 12.6 Å². The molecule has 0 radical (unpaired) electrons. The first-order chi connectivity index (χ1) is 8.81. The first-order valence-corrected chi connectivity index (χ1v) is 5.95. The number of benzene rings is 1. The molecule has 20 heavy (non-hydrogen) atoms. The number of anilines is 2. The summed E-state index contributed by atoms with van der Waals surface area (Å²) in [6.07, 6.45) is 0. The van der Waals surface area contributed by atoms with E-state index in [4.69, 9.17) is 5.73 Å². The quantitative estimate of drug-likeness (QED) is 0.796. The maximum atomic E-state index is 13.6. The molecule has 1 rings (SSSR count). The molecule has 0 spiro atoms. The summed E-state index contributed by atoms with van der Waals surface area (Å²) in [6.45, 7) is 4.94. The van der Waals surface area contributed by atoms with E-state index in [-0.39, 0.29) is 29.9 Å². The molecule has 0 heterocycles. The van der Waals surface area contributed by atoms with Crippen LogP contribution in [0.2, 0.25) is 0 Å². The number of halogens is 2. The van der Waals surface area contributed by atoms with Crippen LogP contribution in [0.15, 0.2) is 18.2 Å². The summed E-state index contributed by atoms with van der Waals surface area (Å²) in [7, 11) is 0. The van der Waals surface area contributed by atoms with Gasteiger partial charge in [0.1, 0.15) is 5.82 Å². The van der Waals surface area contributed by atoms with Gasteiger partial charge in [-0.15, -0.1) is 12.4 Å². The van der Waals surface area contributed by atoms with Gasteiger partial charge < -0.3 is 16.4 Å². The van der Waals surface area contributed by atoms with E-state index in [9.17, 15) is 14.0 Å². The predicted octanol–water partition coefficient (Wildman–Crippen LogP) is 2.13. The average molecular weight is 304 g/mol. The van der Waals surface area contributed by atoms with Crippen LogP contribution in [0.5, 0.6) is 0 Å². The summed E-state index contributed by atoms with van der Waals surface area (Å²) in [5.74, 6) is -1.38. The zero-order valence-corrected chi connectivity index (χ0v) is 12.4. The van der Waals surface area contributed by atoms with Gasteiger partial charge in [0.05, 0.1) is 11.7 Å². The van der Waals surface area contributed by atoms with Crippen molar-refractivity contribution in [2.45, 2.75) is 26.8 Å². The standard InChI is InChI=1S/C13H18FN3O2.ClH/c1-7(2)12(15)13(19)17-11-6-9(16-8(3)18)4-5-10(11)14;/h4-7,12H,15H2,1-3H3,(H,16,18)(H,17,19);1H/t12-;/m1./s1. The second kappa shape index (κ2) is 7.81. The third-order valence-corrected chi connectivity index (χ3v) is 2.57. The van der Waals surface area contributed by atoms with Crippen LogP contribution in [0.4, 0.5) is 15.8 Å². The van der Waals surface area contributed by atoms with Crippen molar-refractivity contribution < 1.29 is 14.0 Å². The second-order valence-corrected chi connectivity index (χ2v) is 4.63. The summed E-state index contributed by atoms with van der Waals surface area (Å²) in [5.41, 5.74) is 6.07. The Labute approximate surface area is 123 Å². The highest BCUT2D eigenvalue weighted by atomic mass is 35.5. The number of carbonyl (C=O) groups excluding carboxylic acids is 2. The molecule has 1 atom stereocenters. The summed E-state index contributed by atoms with van der Waals surface area (Å²) in [5, 5.41) is 4.92. The molecule has 0 aliphatic carbocycles. The molecule has 2 amide bonds. The minimum Gasteiger partial charge on any atom is -0.326 e. The van der Waals surface area contributed by atoms with Crippen LogP contribution < -0.4 is 16.4 Å². The lowest BCUT2D eigenvalue weighted by Crippen LogP contribution is -2.39. The van der Waals surface area contributed by atoms with Gasteiger partial charge in [0.25, 0.3) is 0 Å². The molecular weight excluding hydrogens is 285 g/mol. The van der Waals surface area contributed by atoms with E-state index in [2.05, 4.69) is 10.6 Å². The molecule has 0 aliphatic rings. The Balaban J connectivity index is 0.00000361. The molecule has 4 N–H and O–H groups in total. The zero-order chi connectivity index (χ0) is 14.6. The van der Waals surface area contributed by atoms with Gasteiger partial charge in [-0.2, -0.15) is 0 Å². The van der Waals surface area contributed by atoms with E-state index >= 15 is 0 Å². The summed E-state index contributed by atoms with van der Waals surface area (Å²) in [4.78, 5) is 22.7. The van der Waals surface area contributed by atoms with Crippen LogP contribution in [0.3, 0.4) is 0 Å². The molecule has 0 saturated heterocycles. The third-order valence-electron chi connectivity index (χ3n) is 2.57. The zero-order valence-electron chi connectivity index (χ0n) is 11.6. The van der Waals surface area contributed by atoms with Gasteiger partial charge in [0.2, 0.25) is 11.8 Å². The lowest BCUT2D eigenvalue weighted by Gasteiger charge is -2.16. The first-order valence-electron chi connectivity index (χ1n) is 5.95. The average Bonchev–Trinajstić information content (AvgIpc) is 2.31. The Kier molecular flexibility index (Phi) is 7.17. The number of hydrogen-bond acceptors (Lipinski definition) is 3. The van der Waals surface area contributed by atoms with Crippen molar-refractivity contribution in [3.8, 4) is 0 Å². The molecule has 0 bridgehead atoms. The van der Waals surface area contributed by atoms with Crippen molar-refractivity contribution in [3.63, 3.8) is 0 Å². The fraction of sp³-hybridized carbons (Fsp3) is 0.385. The van der Waals surface area contributed by atoms with E-state index in [1.165, 1.54) is 25.1 Å². The van der Waals surface area contributed by atoms with E-state index < -0.39 is 17.8 Å². The van der Waals surface area contributed by atoms with Gasteiger partial charge in [-0.25, -0.2) is 4.39 Å².